The number of hydrogen-bond acceptors (Lipinski definition) is 2. The van der Waals surface area contributed by atoms with Crippen molar-refractivity contribution in [3.05, 3.63) is 24.3 Å². The molecule has 1 aliphatic carbocycles. The first kappa shape index (κ1) is 14.9. The average molecular weight is 342 g/mol. The number of amides is 1. The van der Waals surface area contributed by atoms with E-state index in [-0.39, 0.29) is 5.91 Å². The summed E-state index contributed by atoms with van der Waals surface area (Å²) in [7, 11) is 0. The van der Waals surface area contributed by atoms with E-state index in [1.165, 1.54) is 30.6 Å². The molecule has 1 amide bonds. The van der Waals surface area contributed by atoms with Gasteiger partial charge in [0.2, 0.25) is 5.91 Å². The van der Waals surface area contributed by atoms with Crippen molar-refractivity contribution in [2.45, 2.75) is 54.0 Å². The van der Waals surface area contributed by atoms with Crippen molar-refractivity contribution in [1.82, 2.24) is 0 Å². The van der Waals surface area contributed by atoms with Crippen LogP contribution in [0.2, 0.25) is 0 Å². The number of benzene rings is 1. The lowest BCUT2D eigenvalue weighted by atomic mass is 10.2. The van der Waals surface area contributed by atoms with E-state index in [0.29, 0.717) is 5.25 Å². The molecule has 104 valence electrons. The molecule has 1 aromatic rings. The number of nitrogens with one attached hydrogen (secondary N) is 1. The van der Waals surface area contributed by atoms with E-state index >= 15 is 0 Å². The minimum absolute atomic E-state index is 0.00743. The molecule has 0 atom stereocenters. The maximum absolute atomic E-state index is 12.1. The van der Waals surface area contributed by atoms with Crippen LogP contribution >= 0.6 is 27.7 Å². The minimum atomic E-state index is -0.544. The van der Waals surface area contributed by atoms with Gasteiger partial charge in [0.1, 0.15) is 0 Å². The highest BCUT2D eigenvalue weighted by Gasteiger charge is 2.25. The van der Waals surface area contributed by atoms with Crippen molar-refractivity contribution in [2.24, 2.45) is 0 Å². The smallest absolute Gasteiger partial charge is 0.240 e. The fraction of sp³-hybridized carbons (Fsp3) is 0.533. The summed E-state index contributed by atoms with van der Waals surface area (Å²) in [5.74, 6) is -0.00743. The normalized spacial score (nSPS) is 16.6. The van der Waals surface area contributed by atoms with Gasteiger partial charge in [-0.05, 0) is 38.8 Å². The molecule has 0 unspecified atom stereocenters. The predicted octanol–water partition coefficient (Wildman–Crippen LogP) is 4.83. The molecule has 1 N–H and O–H groups in total. The lowest BCUT2D eigenvalue weighted by Crippen LogP contribution is -2.31. The van der Waals surface area contributed by atoms with Gasteiger partial charge in [0.25, 0.3) is 0 Å². The van der Waals surface area contributed by atoms with Crippen molar-refractivity contribution in [1.29, 1.82) is 0 Å². The van der Waals surface area contributed by atoms with Crippen LogP contribution in [0.25, 0.3) is 0 Å². The van der Waals surface area contributed by atoms with Gasteiger partial charge in [-0.15, -0.1) is 11.8 Å². The Hall–Kier alpha value is -0.480. The van der Waals surface area contributed by atoms with Crippen LogP contribution in [0.5, 0.6) is 0 Å². The summed E-state index contributed by atoms with van der Waals surface area (Å²) < 4.78 is -0.544. The maximum atomic E-state index is 12.1. The van der Waals surface area contributed by atoms with E-state index in [2.05, 4.69) is 27.3 Å². The van der Waals surface area contributed by atoms with E-state index in [1.54, 1.807) is 0 Å². The molecule has 1 saturated carbocycles. The summed E-state index contributed by atoms with van der Waals surface area (Å²) in [4.78, 5) is 13.2. The molecular weight excluding hydrogens is 322 g/mol. The zero-order chi connectivity index (χ0) is 13.9. The Morgan fingerprint density at radius 2 is 1.95 bits per heavy atom. The molecule has 1 fully saturated rings. The maximum Gasteiger partial charge on any atom is 0.240 e. The fourth-order valence-electron chi connectivity index (χ4n) is 2.13. The minimum Gasteiger partial charge on any atom is -0.324 e. The lowest BCUT2D eigenvalue weighted by molar-refractivity contribution is -0.117. The number of anilines is 1. The second-order valence-corrected chi connectivity index (χ2v) is 8.77. The van der Waals surface area contributed by atoms with Crippen molar-refractivity contribution >= 4 is 39.3 Å². The number of rotatable bonds is 4. The highest BCUT2D eigenvalue weighted by atomic mass is 79.9. The van der Waals surface area contributed by atoms with E-state index in [0.717, 1.165) is 5.69 Å². The molecule has 2 rings (SSSR count). The van der Waals surface area contributed by atoms with Gasteiger partial charge in [-0.1, -0.05) is 40.9 Å². The number of carbonyl (C=O) groups excluding carboxylic acids is 1. The first-order valence-electron chi connectivity index (χ1n) is 6.73. The zero-order valence-electron chi connectivity index (χ0n) is 11.4. The van der Waals surface area contributed by atoms with Crippen molar-refractivity contribution in [3.63, 3.8) is 0 Å². The first-order valence-corrected chi connectivity index (χ1v) is 8.40. The van der Waals surface area contributed by atoms with Gasteiger partial charge in [-0.3, -0.25) is 4.79 Å². The molecule has 0 heterocycles. The summed E-state index contributed by atoms with van der Waals surface area (Å²) in [6.07, 6.45) is 5.25. The summed E-state index contributed by atoms with van der Waals surface area (Å²) in [6.45, 7) is 3.71. The molecule has 0 bridgehead atoms. The number of para-hydroxylation sites is 1. The number of alkyl halides is 1. The number of hydrogen-bond donors (Lipinski definition) is 1. The van der Waals surface area contributed by atoms with Gasteiger partial charge in [0.15, 0.2) is 0 Å². The molecule has 0 spiro atoms. The van der Waals surface area contributed by atoms with Crippen LogP contribution in [0.4, 0.5) is 5.69 Å². The molecular formula is C15H20BrNOS. The van der Waals surface area contributed by atoms with Gasteiger partial charge in [-0.2, -0.15) is 0 Å². The Morgan fingerprint density at radius 1 is 1.32 bits per heavy atom. The monoisotopic (exact) mass is 341 g/mol. The fourth-order valence-corrected chi connectivity index (χ4v) is 3.56. The van der Waals surface area contributed by atoms with E-state index in [9.17, 15) is 4.79 Å². The molecule has 19 heavy (non-hydrogen) atoms. The van der Waals surface area contributed by atoms with Crippen molar-refractivity contribution in [3.8, 4) is 0 Å². The van der Waals surface area contributed by atoms with Crippen molar-refractivity contribution < 1.29 is 4.79 Å². The standard InChI is InChI=1S/C15H20BrNOS/c1-15(2,16)14(18)17-12-9-5-6-10-13(12)19-11-7-3-4-8-11/h5-6,9-11H,3-4,7-8H2,1-2H3,(H,17,18). The Kier molecular flexibility index (Phi) is 4.96. The zero-order valence-corrected chi connectivity index (χ0v) is 13.8. The molecule has 1 aliphatic rings. The second kappa shape index (κ2) is 6.31. The van der Waals surface area contributed by atoms with Crippen LogP contribution in [0, 0.1) is 0 Å². The summed E-state index contributed by atoms with van der Waals surface area (Å²) in [6, 6.07) is 8.08. The third-order valence-corrected chi connectivity index (χ3v) is 5.05. The molecule has 1 aromatic carbocycles. The van der Waals surface area contributed by atoms with Crippen LogP contribution in [-0.4, -0.2) is 15.5 Å². The predicted molar refractivity (Wildman–Crippen MR) is 86.2 cm³/mol. The van der Waals surface area contributed by atoms with Gasteiger partial charge < -0.3 is 5.32 Å². The first-order chi connectivity index (χ1) is 8.97. The van der Waals surface area contributed by atoms with Crippen LogP contribution in [0.15, 0.2) is 29.2 Å². The number of thioether (sulfide) groups is 1. The molecule has 0 saturated heterocycles. The number of halogens is 1. The summed E-state index contributed by atoms with van der Waals surface area (Å²) >= 11 is 5.30. The molecule has 4 heteroatoms. The topological polar surface area (TPSA) is 29.1 Å². The Labute approximate surface area is 127 Å². The number of carbonyl (C=O) groups is 1. The van der Waals surface area contributed by atoms with Crippen LogP contribution in [0.3, 0.4) is 0 Å². The van der Waals surface area contributed by atoms with Crippen molar-refractivity contribution in [2.75, 3.05) is 5.32 Å². The summed E-state index contributed by atoms with van der Waals surface area (Å²) in [5, 5.41) is 3.72. The van der Waals surface area contributed by atoms with Gasteiger partial charge in [0, 0.05) is 10.1 Å². The molecule has 2 nitrogen and oxygen atoms in total. The van der Waals surface area contributed by atoms with E-state index < -0.39 is 4.32 Å². The Morgan fingerprint density at radius 3 is 2.58 bits per heavy atom. The Balaban J connectivity index is 2.09. The van der Waals surface area contributed by atoms with E-state index in [4.69, 9.17) is 0 Å². The van der Waals surface area contributed by atoms with Gasteiger partial charge in [0.05, 0.1) is 10.0 Å². The Bertz CT molecular complexity index is 450. The highest BCUT2D eigenvalue weighted by Crippen LogP contribution is 2.38. The lowest BCUT2D eigenvalue weighted by Gasteiger charge is -2.18. The van der Waals surface area contributed by atoms with Crippen LogP contribution in [-0.2, 0) is 4.79 Å². The van der Waals surface area contributed by atoms with E-state index in [1.807, 2.05) is 43.8 Å². The molecule has 0 aromatic heterocycles. The highest BCUT2D eigenvalue weighted by molar-refractivity contribution is 9.10. The van der Waals surface area contributed by atoms with Crippen LogP contribution in [0.1, 0.15) is 39.5 Å². The second-order valence-electron chi connectivity index (χ2n) is 5.45. The van der Waals surface area contributed by atoms with Crippen LogP contribution < -0.4 is 5.32 Å². The van der Waals surface area contributed by atoms with Gasteiger partial charge in [-0.25, -0.2) is 0 Å². The third kappa shape index (κ3) is 4.25. The summed E-state index contributed by atoms with van der Waals surface area (Å²) in [5.41, 5.74) is 0.928. The molecule has 0 radical (unpaired) electrons. The molecule has 0 aliphatic heterocycles. The average Bonchev–Trinajstić information content (AvgIpc) is 2.83. The quantitative estimate of drug-likeness (QED) is 0.794. The third-order valence-electron chi connectivity index (χ3n) is 3.27. The largest absolute Gasteiger partial charge is 0.324 e. The SMILES string of the molecule is CC(C)(Br)C(=O)Nc1ccccc1SC1CCCC1. The van der Waals surface area contributed by atoms with Gasteiger partial charge >= 0.3 is 0 Å².